The molecule has 1 N–H and O–H groups in total. The zero-order valence-corrected chi connectivity index (χ0v) is 27.3. The highest BCUT2D eigenvalue weighted by atomic mass is 32.2. The Balaban J connectivity index is 1.50. The van der Waals surface area contributed by atoms with Crippen molar-refractivity contribution < 1.29 is 17.6 Å². The average molecular weight is 636 g/mol. The summed E-state index contributed by atoms with van der Waals surface area (Å²) in [6, 6.07) is 12.9. The largest absolute Gasteiger partial charge is 0.341 e. The molecule has 0 radical (unpaired) electrons. The van der Waals surface area contributed by atoms with E-state index in [-0.39, 0.29) is 29.5 Å². The van der Waals surface area contributed by atoms with Crippen molar-refractivity contribution in [3.05, 3.63) is 82.3 Å². The highest BCUT2D eigenvalue weighted by Gasteiger charge is 2.26. The van der Waals surface area contributed by atoms with E-state index >= 15 is 4.39 Å². The molecule has 1 amide bonds. The number of likely N-dealkylation sites (tertiary alicyclic amines) is 1. The molecule has 1 aliphatic rings. The van der Waals surface area contributed by atoms with Crippen LogP contribution in [0.5, 0.6) is 0 Å². The Bertz CT molecular complexity index is 1870. The van der Waals surface area contributed by atoms with Gasteiger partial charge in [-0.05, 0) is 70.2 Å². The van der Waals surface area contributed by atoms with E-state index in [0.29, 0.717) is 53.1 Å². The number of unbranched alkanes of at least 4 members (excludes halogenated alkanes) is 1. The molecule has 0 saturated carbocycles. The van der Waals surface area contributed by atoms with Crippen molar-refractivity contribution in [3.63, 3.8) is 0 Å². The fourth-order valence-corrected chi connectivity index (χ4v) is 7.50. The van der Waals surface area contributed by atoms with Crippen molar-refractivity contribution in [1.29, 1.82) is 0 Å². The Morgan fingerprint density at radius 1 is 1.04 bits per heavy atom. The Kier molecular flexibility index (Phi) is 9.60. The zero-order chi connectivity index (χ0) is 32.4. The summed E-state index contributed by atoms with van der Waals surface area (Å²) in [5.41, 5.74) is 0.963. The number of imidazole rings is 1. The van der Waals surface area contributed by atoms with Crippen LogP contribution in [0.4, 0.5) is 4.39 Å². The number of piperidine rings is 1. The summed E-state index contributed by atoms with van der Waals surface area (Å²) in [4.78, 5) is 33.4. The average Bonchev–Trinajstić information content (AvgIpc) is 3.35. The standard InChI is InChI=1S/C34H42FN5O4S/c1-5-6-14-30-36-28-17-20-39(23-31(41)38-18-10-7-11-19-38)33(42)32(28)40(30)22-25-16-15-24(21-27(25)35)26-12-8-9-13-29(26)45(43,44)37-34(2,3)4/h8-9,12-13,15-17,20-21,37H,5-7,10-11,14,18-19,22-23H2,1-4H3. The first-order valence-electron chi connectivity index (χ1n) is 15.7. The number of aromatic nitrogens is 3. The van der Waals surface area contributed by atoms with Gasteiger partial charge in [-0.3, -0.25) is 9.59 Å². The third-order valence-corrected chi connectivity index (χ3v) is 9.84. The molecule has 11 heteroatoms. The molecule has 0 unspecified atom stereocenters. The number of halogens is 1. The van der Waals surface area contributed by atoms with Crippen LogP contribution < -0.4 is 10.3 Å². The third-order valence-electron chi connectivity index (χ3n) is 8.03. The van der Waals surface area contributed by atoms with Gasteiger partial charge in [-0.1, -0.05) is 43.7 Å². The van der Waals surface area contributed by atoms with Crippen molar-refractivity contribution >= 4 is 27.0 Å². The molecule has 1 saturated heterocycles. The Morgan fingerprint density at radius 3 is 2.47 bits per heavy atom. The second-order valence-corrected chi connectivity index (χ2v) is 14.5. The third kappa shape index (κ3) is 7.36. The Labute approximate surface area is 264 Å². The molecule has 0 spiro atoms. The summed E-state index contributed by atoms with van der Waals surface area (Å²) in [6.45, 7) is 8.76. The zero-order valence-electron chi connectivity index (χ0n) is 26.5. The van der Waals surface area contributed by atoms with E-state index in [4.69, 9.17) is 4.98 Å². The maximum Gasteiger partial charge on any atom is 0.277 e. The minimum atomic E-state index is -3.87. The van der Waals surface area contributed by atoms with Crippen LogP contribution in [0, 0.1) is 5.82 Å². The number of nitrogens with one attached hydrogen (secondary N) is 1. The van der Waals surface area contributed by atoms with Crippen LogP contribution in [0.3, 0.4) is 0 Å². The number of hydrogen-bond acceptors (Lipinski definition) is 5. The van der Waals surface area contributed by atoms with Gasteiger partial charge in [0.05, 0.1) is 17.0 Å². The summed E-state index contributed by atoms with van der Waals surface area (Å²) in [5, 5.41) is 0. The molecule has 2 aromatic carbocycles. The molecular formula is C34H42FN5O4S. The lowest BCUT2D eigenvalue weighted by atomic mass is 10.0. The lowest BCUT2D eigenvalue weighted by Gasteiger charge is -2.26. The van der Waals surface area contributed by atoms with Gasteiger partial charge >= 0.3 is 0 Å². The molecule has 5 rings (SSSR count). The lowest BCUT2D eigenvalue weighted by molar-refractivity contribution is -0.132. The van der Waals surface area contributed by atoms with E-state index in [1.807, 2.05) is 4.90 Å². The van der Waals surface area contributed by atoms with E-state index in [9.17, 15) is 18.0 Å². The molecule has 0 bridgehead atoms. The molecule has 45 heavy (non-hydrogen) atoms. The smallest absolute Gasteiger partial charge is 0.277 e. The van der Waals surface area contributed by atoms with Gasteiger partial charge in [-0.15, -0.1) is 0 Å². The molecular weight excluding hydrogens is 593 g/mol. The molecule has 0 aliphatic carbocycles. The van der Waals surface area contributed by atoms with Crippen LogP contribution in [0.25, 0.3) is 22.2 Å². The topological polar surface area (TPSA) is 106 Å². The maximum absolute atomic E-state index is 15.8. The van der Waals surface area contributed by atoms with E-state index in [2.05, 4.69) is 11.6 Å². The molecule has 2 aromatic heterocycles. The number of nitrogens with zero attached hydrogens (tertiary/aromatic N) is 4. The molecule has 240 valence electrons. The molecule has 3 heterocycles. The fraction of sp³-hybridized carbons (Fsp3) is 0.441. The van der Waals surface area contributed by atoms with Crippen molar-refractivity contribution in [2.24, 2.45) is 0 Å². The number of sulfonamides is 1. The molecule has 4 aromatic rings. The molecule has 1 fully saturated rings. The van der Waals surface area contributed by atoms with Gasteiger partial charge in [0.25, 0.3) is 5.56 Å². The molecule has 9 nitrogen and oxygen atoms in total. The monoisotopic (exact) mass is 635 g/mol. The quantitative estimate of drug-likeness (QED) is 0.248. The van der Waals surface area contributed by atoms with Gasteiger partial charge in [-0.25, -0.2) is 22.5 Å². The SMILES string of the molecule is CCCCc1nc2ccn(CC(=O)N3CCCCC3)c(=O)c2n1Cc1ccc(-c2ccccc2S(=O)(=O)NC(C)(C)C)cc1F. The van der Waals surface area contributed by atoms with Gasteiger partial charge in [0.2, 0.25) is 15.9 Å². The van der Waals surface area contributed by atoms with Crippen LogP contribution in [-0.2, 0) is 34.3 Å². The van der Waals surface area contributed by atoms with E-state index in [0.717, 1.165) is 32.1 Å². The van der Waals surface area contributed by atoms with Gasteiger partial charge in [-0.2, -0.15) is 0 Å². The Hall–Kier alpha value is -3.83. The number of aryl methyl sites for hydroxylation is 1. The first kappa shape index (κ1) is 32.6. The number of rotatable bonds is 10. The second kappa shape index (κ2) is 13.3. The highest BCUT2D eigenvalue weighted by Crippen LogP contribution is 2.30. The summed E-state index contributed by atoms with van der Waals surface area (Å²) in [6.07, 6.45) is 7.03. The lowest BCUT2D eigenvalue weighted by Crippen LogP contribution is -2.40. The van der Waals surface area contributed by atoms with E-state index < -0.39 is 21.4 Å². The fourth-order valence-electron chi connectivity index (χ4n) is 5.85. The van der Waals surface area contributed by atoms with Crippen LogP contribution in [-0.4, -0.2) is 52.0 Å². The van der Waals surface area contributed by atoms with Gasteiger partial charge in [0.1, 0.15) is 23.7 Å². The van der Waals surface area contributed by atoms with Crippen molar-refractivity contribution in [1.82, 2.24) is 23.7 Å². The number of carbonyl (C=O) groups is 1. The number of amides is 1. The first-order valence-corrected chi connectivity index (χ1v) is 17.1. The van der Waals surface area contributed by atoms with Crippen LogP contribution >= 0.6 is 0 Å². The minimum absolute atomic E-state index is 0.0559. The summed E-state index contributed by atoms with van der Waals surface area (Å²) >= 11 is 0. The highest BCUT2D eigenvalue weighted by molar-refractivity contribution is 7.89. The predicted octanol–water partition coefficient (Wildman–Crippen LogP) is 5.48. The summed E-state index contributed by atoms with van der Waals surface area (Å²) < 4.78 is 48.1. The summed E-state index contributed by atoms with van der Waals surface area (Å²) in [5.74, 6) is 0.0654. The van der Waals surface area contributed by atoms with Crippen LogP contribution in [0.2, 0.25) is 0 Å². The van der Waals surface area contributed by atoms with Crippen molar-refractivity contribution in [3.8, 4) is 11.1 Å². The number of fused-ring (bicyclic) bond motifs is 1. The van der Waals surface area contributed by atoms with Gasteiger partial charge in [0, 0.05) is 42.4 Å². The number of hydrogen-bond donors (Lipinski definition) is 1. The van der Waals surface area contributed by atoms with Crippen molar-refractivity contribution in [2.45, 2.75) is 89.7 Å². The number of carbonyl (C=O) groups excluding carboxylic acids is 1. The predicted molar refractivity (Wildman–Crippen MR) is 174 cm³/mol. The summed E-state index contributed by atoms with van der Waals surface area (Å²) in [7, 11) is -3.87. The van der Waals surface area contributed by atoms with Gasteiger partial charge in [0.15, 0.2) is 0 Å². The molecule has 1 aliphatic heterocycles. The van der Waals surface area contributed by atoms with E-state index in [1.54, 1.807) is 67.9 Å². The van der Waals surface area contributed by atoms with E-state index in [1.165, 1.54) is 16.7 Å². The van der Waals surface area contributed by atoms with Crippen molar-refractivity contribution in [2.75, 3.05) is 13.1 Å². The first-order chi connectivity index (χ1) is 21.4. The normalized spacial score (nSPS) is 14.3. The minimum Gasteiger partial charge on any atom is -0.341 e. The van der Waals surface area contributed by atoms with Crippen LogP contribution in [0.15, 0.2) is 64.4 Å². The second-order valence-electron chi connectivity index (χ2n) is 12.8. The molecule has 0 atom stereocenters. The number of benzene rings is 2. The van der Waals surface area contributed by atoms with Crippen LogP contribution in [0.1, 0.15) is 71.2 Å². The number of pyridine rings is 1. The Morgan fingerprint density at radius 2 is 1.78 bits per heavy atom. The maximum atomic E-state index is 15.8. The van der Waals surface area contributed by atoms with Gasteiger partial charge < -0.3 is 14.0 Å².